The van der Waals surface area contributed by atoms with Crippen LogP contribution in [0.3, 0.4) is 0 Å². The molecule has 3 unspecified atom stereocenters. The lowest BCUT2D eigenvalue weighted by atomic mass is 9.75. The van der Waals surface area contributed by atoms with Gasteiger partial charge in [-0.25, -0.2) is 0 Å². The molecule has 0 bridgehead atoms. The van der Waals surface area contributed by atoms with E-state index in [2.05, 4.69) is 51.3 Å². The van der Waals surface area contributed by atoms with E-state index in [4.69, 9.17) is 28.1 Å². The predicted molar refractivity (Wildman–Crippen MR) is 158 cm³/mol. The Morgan fingerprint density at radius 2 is 1.65 bits per heavy atom. The molecule has 3 aliphatic rings. The summed E-state index contributed by atoms with van der Waals surface area (Å²) in [7, 11) is 0.637. The van der Waals surface area contributed by atoms with Gasteiger partial charge in [0.25, 0.3) is 0 Å². The second-order valence-electron chi connectivity index (χ2n) is 12.9. The van der Waals surface area contributed by atoms with Gasteiger partial charge in [-0.1, -0.05) is 32.9 Å². The molecule has 8 nitrogen and oxygen atoms in total. The number of rotatable bonds is 15. The van der Waals surface area contributed by atoms with Crippen molar-refractivity contribution >= 4 is 14.9 Å². The minimum absolute atomic E-state index is 0.00476. The van der Waals surface area contributed by atoms with Crippen molar-refractivity contribution in [2.24, 2.45) is 17.3 Å². The third-order valence-corrected chi connectivity index (χ3v) is 8.85. The molecule has 0 spiro atoms. The molecule has 2 saturated heterocycles. The van der Waals surface area contributed by atoms with Crippen LogP contribution in [0.1, 0.15) is 91.4 Å². The number of ether oxygens (including phenoxy) is 5. The quantitative estimate of drug-likeness (QED) is 0.110. The van der Waals surface area contributed by atoms with Gasteiger partial charge in [0.2, 0.25) is 14.9 Å². The summed E-state index contributed by atoms with van der Waals surface area (Å²) in [6.45, 7) is 13.1. The van der Waals surface area contributed by atoms with Gasteiger partial charge < -0.3 is 33.4 Å². The van der Waals surface area contributed by atoms with E-state index in [9.17, 15) is 4.79 Å². The highest BCUT2D eigenvalue weighted by Crippen LogP contribution is 2.47. The highest BCUT2D eigenvalue weighted by Gasteiger charge is 2.52. The Labute approximate surface area is 244 Å². The summed E-state index contributed by atoms with van der Waals surface area (Å²) < 4.78 is 37.3. The van der Waals surface area contributed by atoms with Crippen LogP contribution in [0.5, 0.6) is 0 Å². The van der Waals surface area contributed by atoms with Crippen LogP contribution in [0.25, 0.3) is 0 Å². The smallest absolute Gasteiger partial charge is 0.221 e. The first-order valence-electron chi connectivity index (χ1n) is 15.6. The summed E-state index contributed by atoms with van der Waals surface area (Å²) in [6.07, 6.45) is 14.6. The van der Waals surface area contributed by atoms with Gasteiger partial charge in [0, 0.05) is 39.1 Å². The van der Waals surface area contributed by atoms with Crippen molar-refractivity contribution in [2.45, 2.75) is 135 Å². The van der Waals surface area contributed by atoms with Gasteiger partial charge in [-0.2, -0.15) is 0 Å². The van der Waals surface area contributed by atoms with Crippen molar-refractivity contribution in [1.82, 2.24) is 5.32 Å². The first-order chi connectivity index (χ1) is 19.2. The summed E-state index contributed by atoms with van der Waals surface area (Å²) >= 11 is 0. The van der Waals surface area contributed by atoms with E-state index in [1.807, 2.05) is 0 Å². The van der Waals surface area contributed by atoms with Gasteiger partial charge in [-0.15, -0.1) is 0 Å². The summed E-state index contributed by atoms with van der Waals surface area (Å²) in [6, 6.07) is 0. The monoisotopic (exact) mass is 582 g/mol. The van der Waals surface area contributed by atoms with Crippen LogP contribution in [0.2, 0.25) is 13.1 Å². The Hall–Kier alpha value is -0.813. The highest BCUT2D eigenvalue weighted by atomic mass is 28.3. The zero-order chi connectivity index (χ0) is 29.0. The molecular formula is C31H56NO7Si. The number of carbonyl (C=O) groups is 1. The first-order valence-corrected chi connectivity index (χ1v) is 18.0. The van der Waals surface area contributed by atoms with Gasteiger partial charge in [0.15, 0.2) is 12.6 Å². The van der Waals surface area contributed by atoms with E-state index in [1.165, 1.54) is 0 Å². The Morgan fingerprint density at radius 1 is 1.00 bits per heavy atom. The van der Waals surface area contributed by atoms with E-state index in [-0.39, 0.29) is 60.8 Å². The molecule has 1 radical (unpaired) electrons. The van der Waals surface area contributed by atoms with Crippen LogP contribution in [-0.2, 0) is 32.9 Å². The molecule has 0 aromatic rings. The SMILES string of the molecule is COCNC(=O)CCC/C=C\C[C@@H]1[C@H](C(O[Si](C)C)C(C)(C)C)[C@H](OC2CCCCO2)C[C@@H]1OC1CCCCO1. The van der Waals surface area contributed by atoms with Gasteiger partial charge in [-0.05, 0) is 82.2 Å². The molecule has 0 aromatic carbocycles. The zero-order valence-corrected chi connectivity index (χ0v) is 27.0. The lowest BCUT2D eigenvalue weighted by Crippen LogP contribution is -2.47. The maximum absolute atomic E-state index is 11.9. The fraction of sp³-hybridized carbons (Fsp3) is 0.903. The molecule has 2 aliphatic heterocycles. The number of unbranched alkanes of at least 4 members (excludes halogenated alkanes) is 1. The number of hydrogen-bond donors (Lipinski definition) is 1. The third-order valence-electron chi connectivity index (χ3n) is 8.12. The molecular weight excluding hydrogens is 526 g/mol. The van der Waals surface area contributed by atoms with Gasteiger partial charge in [-0.3, -0.25) is 4.79 Å². The molecule has 1 N–H and O–H groups in total. The lowest BCUT2D eigenvalue weighted by molar-refractivity contribution is -0.207. The molecule has 1 aliphatic carbocycles. The van der Waals surface area contributed by atoms with Crippen molar-refractivity contribution in [3.8, 4) is 0 Å². The maximum atomic E-state index is 11.9. The normalized spacial score (nSPS) is 30.7. The summed E-state index contributed by atoms with van der Waals surface area (Å²) in [5.41, 5.74) is -0.0462. The number of nitrogens with one attached hydrogen (secondary N) is 1. The molecule has 0 aromatic heterocycles. The van der Waals surface area contributed by atoms with E-state index in [0.717, 1.165) is 77.4 Å². The lowest BCUT2D eigenvalue weighted by Gasteiger charge is -2.42. The Kier molecular flexibility index (Phi) is 14.6. The standard InChI is InChI=1S/C31H56NO7Si/c1-31(2,3)30(39-40(5)6)29-23(15-9-7-8-10-16-26(33)32-22-34-4)24(37-27-17-11-13-19-35-27)21-25(29)38-28-18-12-14-20-36-28/h7,9,23-25,27-30H,8,10-22H2,1-6H3,(H,32,33)/b9-7-/t23-,24-,25+,27?,28?,29-,30?/m0/s1. The van der Waals surface area contributed by atoms with Crippen LogP contribution < -0.4 is 5.32 Å². The number of allylic oxidation sites excluding steroid dienone is 2. The van der Waals surface area contributed by atoms with Crippen LogP contribution >= 0.6 is 0 Å². The number of amides is 1. The summed E-state index contributed by atoms with van der Waals surface area (Å²) in [5.74, 6) is 0.452. The molecule has 231 valence electrons. The molecule has 1 saturated carbocycles. The van der Waals surface area contributed by atoms with E-state index in [1.54, 1.807) is 7.11 Å². The van der Waals surface area contributed by atoms with E-state index >= 15 is 0 Å². The van der Waals surface area contributed by atoms with Crippen molar-refractivity contribution < 1.29 is 32.9 Å². The van der Waals surface area contributed by atoms with Crippen molar-refractivity contribution in [3.63, 3.8) is 0 Å². The van der Waals surface area contributed by atoms with Crippen molar-refractivity contribution in [1.29, 1.82) is 0 Å². The first kappa shape index (κ1) is 33.7. The number of hydrogen-bond acceptors (Lipinski definition) is 7. The van der Waals surface area contributed by atoms with Crippen molar-refractivity contribution in [3.05, 3.63) is 12.2 Å². The van der Waals surface area contributed by atoms with Crippen LogP contribution in [0.4, 0.5) is 0 Å². The second kappa shape index (κ2) is 17.3. The highest BCUT2D eigenvalue weighted by molar-refractivity contribution is 6.48. The average molecular weight is 583 g/mol. The Bertz CT molecular complexity index is 746. The number of carbonyl (C=O) groups excluding carboxylic acids is 1. The van der Waals surface area contributed by atoms with Gasteiger partial charge in [0.05, 0.1) is 18.3 Å². The molecule has 9 heteroatoms. The predicted octanol–water partition coefficient (Wildman–Crippen LogP) is 5.97. The fourth-order valence-electron chi connectivity index (χ4n) is 6.22. The fourth-order valence-corrected chi connectivity index (χ4v) is 7.24. The second-order valence-corrected chi connectivity index (χ2v) is 14.9. The molecule has 3 rings (SSSR count). The molecule has 2 heterocycles. The minimum atomic E-state index is -0.938. The molecule has 3 fully saturated rings. The topological polar surface area (TPSA) is 84.5 Å². The molecule has 1 amide bonds. The average Bonchev–Trinajstić information content (AvgIpc) is 3.23. The minimum Gasteiger partial charge on any atom is -0.413 e. The Balaban J connectivity index is 1.77. The summed E-state index contributed by atoms with van der Waals surface area (Å²) in [4.78, 5) is 11.9. The number of methoxy groups -OCH3 is 1. The maximum Gasteiger partial charge on any atom is 0.221 e. The van der Waals surface area contributed by atoms with Crippen LogP contribution in [0, 0.1) is 17.3 Å². The van der Waals surface area contributed by atoms with Gasteiger partial charge >= 0.3 is 0 Å². The zero-order valence-electron chi connectivity index (χ0n) is 26.0. The van der Waals surface area contributed by atoms with E-state index < -0.39 is 9.04 Å². The molecule has 40 heavy (non-hydrogen) atoms. The largest absolute Gasteiger partial charge is 0.413 e. The van der Waals surface area contributed by atoms with Crippen molar-refractivity contribution in [2.75, 3.05) is 27.1 Å². The Morgan fingerprint density at radius 3 is 2.20 bits per heavy atom. The summed E-state index contributed by atoms with van der Waals surface area (Å²) in [5, 5.41) is 2.75. The van der Waals surface area contributed by atoms with Gasteiger partial charge in [0.1, 0.15) is 6.73 Å². The van der Waals surface area contributed by atoms with Crippen LogP contribution in [-0.4, -0.2) is 72.9 Å². The molecule has 7 atom stereocenters. The third kappa shape index (κ3) is 11.1. The van der Waals surface area contributed by atoms with Crippen LogP contribution in [0.15, 0.2) is 12.2 Å². The van der Waals surface area contributed by atoms with E-state index in [0.29, 0.717) is 6.42 Å².